The molecular weight excluding hydrogens is 318 g/mol. The number of benzene rings is 1. The summed E-state index contributed by atoms with van der Waals surface area (Å²) in [5, 5.41) is 14.4. The second kappa shape index (κ2) is 6.27. The smallest absolute Gasteiger partial charge is 0.303 e. The molecule has 4 rings (SSSR count). The van der Waals surface area contributed by atoms with Gasteiger partial charge in [0.1, 0.15) is 5.82 Å². The standard InChI is InChI=1S/C18H15N5O2/c24-16(25)9-3-8-15-20-14-7-2-1-6-13(14)18-21-17(22-23(15)18)12-5-4-10-19-11-12/h1-2,4-7,10-11H,3,8-9H2,(H,24,25). The van der Waals surface area contributed by atoms with Crippen LogP contribution in [0.2, 0.25) is 0 Å². The lowest BCUT2D eigenvalue weighted by Gasteiger charge is -2.05. The van der Waals surface area contributed by atoms with Crippen LogP contribution in [0.25, 0.3) is 27.9 Å². The summed E-state index contributed by atoms with van der Waals surface area (Å²) >= 11 is 0. The fourth-order valence-corrected chi connectivity index (χ4v) is 2.79. The van der Waals surface area contributed by atoms with E-state index in [9.17, 15) is 4.79 Å². The predicted molar refractivity (Wildman–Crippen MR) is 92.1 cm³/mol. The Bertz CT molecular complexity index is 1060. The SMILES string of the molecule is O=C(O)CCCc1nc2ccccc2c2nc(-c3cccnc3)nn12. The number of fused-ring (bicyclic) bond motifs is 3. The van der Waals surface area contributed by atoms with E-state index in [1.807, 2.05) is 36.4 Å². The van der Waals surface area contributed by atoms with Crippen molar-refractivity contribution in [2.75, 3.05) is 0 Å². The molecule has 1 aromatic carbocycles. The molecule has 0 aliphatic heterocycles. The molecule has 0 aliphatic carbocycles. The molecule has 3 heterocycles. The lowest BCUT2D eigenvalue weighted by molar-refractivity contribution is -0.137. The molecular formula is C18H15N5O2. The Morgan fingerprint density at radius 3 is 2.80 bits per heavy atom. The molecule has 1 N–H and O–H groups in total. The largest absolute Gasteiger partial charge is 0.481 e. The van der Waals surface area contributed by atoms with Crippen molar-refractivity contribution >= 4 is 22.5 Å². The molecule has 7 nitrogen and oxygen atoms in total. The third kappa shape index (κ3) is 2.91. The molecule has 0 spiro atoms. The first-order valence-electron chi connectivity index (χ1n) is 7.99. The first kappa shape index (κ1) is 15.2. The van der Waals surface area contributed by atoms with E-state index in [1.54, 1.807) is 16.9 Å². The van der Waals surface area contributed by atoms with Crippen LogP contribution in [0.15, 0.2) is 48.8 Å². The molecule has 0 radical (unpaired) electrons. The number of hydrogen-bond donors (Lipinski definition) is 1. The number of aryl methyl sites for hydroxylation is 1. The van der Waals surface area contributed by atoms with E-state index in [2.05, 4.69) is 20.1 Å². The van der Waals surface area contributed by atoms with Gasteiger partial charge in [-0.3, -0.25) is 9.78 Å². The second-order valence-electron chi connectivity index (χ2n) is 5.70. The van der Waals surface area contributed by atoms with Gasteiger partial charge in [-0.15, -0.1) is 5.10 Å². The number of aromatic nitrogens is 5. The zero-order valence-electron chi connectivity index (χ0n) is 13.3. The first-order valence-corrected chi connectivity index (χ1v) is 7.99. The summed E-state index contributed by atoms with van der Waals surface area (Å²) in [6.07, 6.45) is 4.53. The number of rotatable bonds is 5. The van der Waals surface area contributed by atoms with Gasteiger partial charge in [-0.1, -0.05) is 12.1 Å². The quantitative estimate of drug-likeness (QED) is 0.603. The molecule has 25 heavy (non-hydrogen) atoms. The summed E-state index contributed by atoms with van der Waals surface area (Å²) in [4.78, 5) is 24.2. The Balaban J connectivity index is 1.87. The van der Waals surface area contributed by atoms with Gasteiger partial charge in [-0.25, -0.2) is 9.97 Å². The minimum absolute atomic E-state index is 0.0974. The Labute approximate surface area is 143 Å². The average molecular weight is 333 g/mol. The number of carboxylic acids is 1. The van der Waals surface area contributed by atoms with Gasteiger partial charge in [-0.2, -0.15) is 4.52 Å². The lowest BCUT2D eigenvalue weighted by Crippen LogP contribution is -2.05. The van der Waals surface area contributed by atoms with E-state index in [4.69, 9.17) is 5.11 Å². The maximum Gasteiger partial charge on any atom is 0.303 e. The number of aliphatic carboxylic acids is 1. The van der Waals surface area contributed by atoms with Gasteiger partial charge in [0.05, 0.1) is 5.52 Å². The normalized spacial score (nSPS) is 11.2. The van der Waals surface area contributed by atoms with Crippen LogP contribution >= 0.6 is 0 Å². The third-order valence-corrected chi connectivity index (χ3v) is 3.96. The zero-order chi connectivity index (χ0) is 17.2. The molecule has 0 unspecified atom stereocenters. The highest BCUT2D eigenvalue weighted by Gasteiger charge is 2.14. The van der Waals surface area contributed by atoms with Gasteiger partial charge in [0, 0.05) is 36.2 Å². The Morgan fingerprint density at radius 2 is 2.00 bits per heavy atom. The van der Waals surface area contributed by atoms with Gasteiger partial charge >= 0.3 is 5.97 Å². The topological polar surface area (TPSA) is 93.3 Å². The Kier molecular flexibility index (Phi) is 3.81. The van der Waals surface area contributed by atoms with Crippen LogP contribution in [0, 0.1) is 0 Å². The van der Waals surface area contributed by atoms with Gasteiger partial charge in [0.2, 0.25) is 0 Å². The van der Waals surface area contributed by atoms with Crippen molar-refractivity contribution in [1.82, 2.24) is 24.6 Å². The van der Waals surface area contributed by atoms with Crippen LogP contribution in [-0.4, -0.2) is 35.6 Å². The van der Waals surface area contributed by atoms with E-state index in [-0.39, 0.29) is 6.42 Å². The number of hydrogen-bond acceptors (Lipinski definition) is 5. The van der Waals surface area contributed by atoms with Crippen LogP contribution in [0.4, 0.5) is 0 Å². The van der Waals surface area contributed by atoms with E-state index in [0.717, 1.165) is 22.1 Å². The molecule has 0 bridgehead atoms. The van der Waals surface area contributed by atoms with Crippen LogP contribution in [0.5, 0.6) is 0 Å². The molecule has 0 saturated heterocycles. The van der Waals surface area contributed by atoms with Gasteiger partial charge in [0.25, 0.3) is 0 Å². The maximum atomic E-state index is 10.8. The lowest BCUT2D eigenvalue weighted by atomic mass is 10.2. The fraction of sp³-hybridized carbons (Fsp3) is 0.167. The van der Waals surface area contributed by atoms with E-state index >= 15 is 0 Å². The third-order valence-electron chi connectivity index (χ3n) is 3.96. The number of pyridine rings is 1. The minimum atomic E-state index is -0.813. The van der Waals surface area contributed by atoms with Crippen molar-refractivity contribution < 1.29 is 9.90 Å². The van der Waals surface area contributed by atoms with Gasteiger partial charge in [-0.05, 0) is 30.7 Å². The number of carboxylic acid groups (broad SMARTS) is 1. The molecule has 0 amide bonds. The van der Waals surface area contributed by atoms with Crippen molar-refractivity contribution in [3.8, 4) is 11.4 Å². The van der Waals surface area contributed by atoms with E-state index in [1.165, 1.54) is 0 Å². The highest BCUT2D eigenvalue weighted by molar-refractivity contribution is 5.91. The van der Waals surface area contributed by atoms with Crippen LogP contribution in [-0.2, 0) is 11.2 Å². The van der Waals surface area contributed by atoms with Crippen molar-refractivity contribution in [1.29, 1.82) is 0 Å². The molecule has 4 aromatic rings. The van der Waals surface area contributed by atoms with E-state index < -0.39 is 5.97 Å². The summed E-state index contributed by atoms with van der Waals surface area (Å²) < 4.78 is 1.71. The summed E-state index contributed by atoms with van der Waals surface area (Å²) in [7, 11) is 0. The van der Waals surface area contributed by atoms with E-state index in [0.29, 0.717) is 24.5 Å². The molecule has 0 aliphatic rings. The summed E-state index contributed by atoms with van der Waals surface area (Å²) in [6.45, 7) is 0. The molecule has 7 heteroatoms. The summed E-state index contributed by atoms with van der Waals surface area (Å²) in [5.41, 5.74) is 2.37. The number of carbonyl (C=O) groups is 1. The van der Waals surface area contributed by atoms with Crippen LogP contribution < -0.4 is 0 Å². The van der Waals surface area contributed by atoms with Gasteiger partial charge < -0.3 is 5.11 Å². The fourth-order valence-electron chi connectivity index (χ4n) is 2.79. The van der Waals surface area contributed by atoms with Crippen LogP contribution in [0.3, 0.4) is 0 Å². The van der Waals surface area contributed by atoms with Crippen LogP contribution in [0.1, 0.15) is 18.7 Å². The van der Waals surface area contributed by atoms with Crippen molar-refractivity contribution in [2.45, 2.75) is 19.3 Å². The predicted octanol–water partition coefficient (Wildman–Crippen LogP) is 2.75. The highest BCUT2D eigenvalue weighted by Crippen LogP contribution is 2.22. The monoisotopic (exact) mass is 333 g/mol. The summed E-state index contributed by atoms with van der Waals surface area (Å²) in [5.74, 6) is 0.468. The molecule has 124 valence electrons. The van der Waals surface area contributed by atoms with Crippen molar-refractivity contribution in [2.24, 2.45) is 0 Å². The molecule has 0 atom stereocenters. The number of nitrogens with zero attached hydrogens (tertiary/aromatic N) is 5. The Hall–Kier alpha value is -3.35. The molecule has 3 aromatic heterocycles. The molecule has 0 fully saturated rings. The maximum absolute atomic E-state index is 10.8. The number of para-hydroxylation sites is 1. The second-order valence-corrected chi connectivity index (χ2v) is 5.70. The van der Waals surface area contributed by atoms with Gasteiger partial charge in [0.15, 0.2) is 11.5 Å². The van der Waals surface area contributed by atoms with Crippen molar-refractivity contribution in [3.63, 3.8) is 0 Å². The van der Waals surface area contributed by atoms with Crippen molar-refractivity contribution in [3.05, 3.63) is 54.6 Å². The minimum Gasteiger partial charge on any atom is -0.481 e. The first-order chi connectivity index (χ1) is 12.2. The molecule has 0 saturated carbocycles. The highest BCUT2D eigenvalue weighted by atomic mass is 16.4. The Morgan fingerprint density at radius 1 is 1.12 bits per heavy atom. The summed E-state index contributed by atoms with van der Waals surface area (Å²) in [6, 6.07) is 11.5. The average Bonchev–Trinajstić information content (AvgIpc) is 3.08. The zero-order valence-corrected chi connectivity index (χ0v) is 13.3.